The topological polar surface area (TPSA) is 73.8 Å². The van der Waals surface area contributed by atoms with E-state index in [-0.39, 0.29) is 16.5 Å². The minimum absolute atomic E-state index is 0.101. The number of hydrogen-bond donors (Lipinski definition) is 1. The molecule has 1 aromatic carbocycles. The molecule has 3 aromatic rings. The standard InChI is InChI=1S/C16H12ClFN4O/c17-11-5-3-9(18)7-13(11)22-15-10(14(19)21-16(22)23)4-6-12(20-15)8-1-2-8/h3-8H,1-2H2,(H2,19,21,23). The fourth-order valence-corrected chi connectivity index (χ4v) is 2.82. The molecule has 4 rings (SSSR count). The van der Waals surface area contributed by atoms with Crippen LogP contribution in [0.2, 0.25) is 5.02 Å². The Morgan fingerprint density at radius 1 is 1.22 bits per heavy atom. The summed E-state index contributed by atoms with van der Waals surface area (Å²) in [6.45, 7) is 0. The molecule has 116 valence electrons. The molecule has 0 amide bonds. The number of benzene rings is 1. The van der Waals surface area contributed by atoms with E-state index in [2.05, 4.69) is 9.97 Å². The lowest BCUT2D eigenvalue weighted by molar-refractivity contribution is 0.626. The Hall–Kier alpha value is -2.47. The lowest BCUT2D eigenvalue weighted by Crippen LogP contribution is -2.24. The molecular formula is C16H12ClFN4O. The van der Waals surface area contributed by atoms with Gasteiger partial charge in [0.05, 0.1) is 16.1 Å². The Balaban J connectivity index is 2.10. The first kappa shape index (κ1) is 14.1. The quantitative estimate of drug-likeness (QED) is 0.783. The second kappa shape index (κ2) is 5.03. The molecule has 2 aromatic heterocycles. The van der Waals surface area contributed by atoms with Crippen LogP contribution in [0, 0.1) is 5.82 Å². The lowest BCUT2D eigenvalue weighted by Gasteiger charge is -2.12. The minimum atomic E-state index is -0.636. The molecule has 0 saturated heterocycles. The third kappa shape index (κ3) is 2.35. The number of pyridine rings is 1. The number of rotatable bonds is 2. The summed E-state index contributed by atoms with van der Waals surface area (Å²) in [5.74, 6) is 0.00330. The van der Waals surface area contributed by atoms with E-state index in [1.807, 2.05) is 6.07 Å². The highest BCUT2D eigenvalue weighted by molar-refractivity contribution is 6.32. The van der Waals surface area contributed by atoms with E-state index < -0.39 is 11.5 Å². The highest BCUT2D eigenvalue weighted by atomic mass is 35.5. The first-order valence-electron chi connectivity index (χ1n) is 7.19. The van der Waals surface area contributed by atoms with E-state index in [9.17, 15) is 9.18 Å². The summed E-state index contributed by atoms with van der Waals surface area (Å²) in [5.41, 5.74) is 6.65. The van der Waals surface area contributed by atoms with Crippen molar-refractivity contribution >= 4 is 28.5 Å². The Morgan fingerprint density at radius 2 is 2.00 bits per heavy atom. The van der Waals surface area contributed by atoms with Crippen LogP contribution in [0.1, 0.15) is 24.5 Å². The number of nitrogens with zero attached hydrogens (tertiary/aromatic N) is 3. The van der Waals surface area contributed by atoms with Crippen molar-refractivity contribution in [1.82, 2.24) is 14.5 Å². The molecule has 0 bridgehead atoms. The molecule has 0 spiro atoms. The fraction of sp³-hybridized carbons (Fsp3) is 0.188. The highest BCUT2D eigenvalue weighted by Crippen LogP contribution is 2.39. The fourth-order valence-electron chi connectivity index (χ4n) is 2.62. The molecule has 1 aliphatic rings. The van der Waals surface area contributed by atoms with Crippen LogP contribution in [0.5, 0.6) is 0 Å². The predicted octanol–water partition coefficient (Wildman–Crippen LogP) is 3.03. The van der Waals surface area contributed by atoms with Crippen molar-refractivity contribution in [3.05, 3.63) is 57.3 Å². The highest BCUT2D eigenvalue weighted by Gasteiger charge is 2.26. The molecule has 0 radical (unpaired) electrons. The van der Waals surface area contributed by atoms with Crippen LogP contribution < -0.4 is 11.4 Å². The minimum Gasteiger partial charge on any atom is -0.383 e. The van der Waals surface area contributed by atoms with E-state index >= 15 is 0 Å². The van der Waals surface area contributed by atoms with Crippen molar-refractivity contribution in [3.8, 4) is 5.69 Å². The lowest BCUT2D eigenvalue weighted by atomic mass is 10.2. The van der Waals surface area contributed by atoms with Gasteiger partial charge in [-0.05, 0) is 43.2 Å². The maximum absolute atomic E-state index is 13.6. The molecule has 7 heteroatoms. The van der Waals surface area contributed by atoms with Gasteiger partial charge in [0.15, 0.2) is 5.65 Å². The van der Waals surface area contributed by atoms with Gasteiger partial charge in [0.1, 0.15) is 11.6 Å². The predicted molar refractivity (Wildman–Crippen MR) is 86.5 cm³/mol. The molecule has 23 heavy (non-hydrogen) atoms. The van der Waals surface area contributed by atoms with Crippen molar-refractivity contribution in [3.63, 3.8) is 0 Å². The SMILES string of the molecule is Nc1nc(=O)n(-c2cc(F)ccc2Cl)c2nc(C3CC3)ccc12. The third-order valence-electron chi connectivity index (χ3n) is 3.94. The van der Waals surface area contributed by atoms with Gasteiger partial charge in [-0.3, -0.25) is 0 Å². The number of anilines is 1. The maximum atomic E-state index is 13.6. The number of fused-ring (bicyclic) bond motifs is 1. The molecule has 0 aliphatic heterocycles. The Labute approximate surface area is 135 Å². The molecule has 2 heterocycles. The van der Waals surface area contributed by atoms with Gasteiger partial charge in [-0.15, -0.1) is 0 Å². The summed E-state index contributed by atoms with van der Waals surface area (Å²) in [4.78, 5) is 20.7. The van der Waals surface area contributed by atoms with E-state index in [1.54, 1.807) is 6.07 Å². The van der Waals surface area contributed by atoms with Crippen molar-refractivity contribution < 1.29 is 4.39 Å². The number of halogens is 2. The Kier molecular flexibility index (Phi) is 3.09. The monoisotopic (exact) mass is 330 g/mol. The van der Waals surface area contributed by atoms with Crippen LogP contribution in [-0.4, -0.2) is 14.5 Å². The van der Waals surface area contributed by atoms with Gasteiger partial charge in [0, 0.05) is 11.6 Å². The first-order valence-corrected chi connectivity index (χ1v) is 7.57. The summed E-state index contributed by atoms with van der Waals surface area (Å²) < 4.78 is 14.8. The largest absolute Gasteiger partial charge is 0.383 e. The van der Waals surface area contributed by atoms with E-state index in [0.29, 0.717) is 17.0 Å². The second-order valence-electron chi connectivity index (χ2n) is 5.59. The van der Waals surface area contributed by atoms with Gasteiger partial charge in [-0.1, -0.05) is 11.6 Å². The summed E-state index contributed by atoms with van der Waals surface area (Å²) in [7, 11) is 0. The van der Waals surface area contributed by atoms with Crippen LogP contribution in [0.25, 0.3) is 16.7 Å². The molecule has 1 saturated carbocycles. The van der Waals surface area contributed by atoms with Gasteiger partial charge in [-0.25, -0.2) is 18.7 Å². The van der Waals surface area contributed by atoms with Crippen LogP contribution in [0.3, 0.4) is 0 Å². The summed E-state index contributed by atoms with van der Waals surface area (Å²) >= 11 is 6.14. The van der Waals surface area contributed by atoms with E-state index in [1.165, 1.54) is 22.8 Å². The van der Waals surface area contributed by atoms with Crippen LogP contribution in [0.15, 0.2) is 35.1 Å². The summed E-state index contributed by atoms with van der Waals surface area (Å²) in [5, 5.41) is 0.773. The van der Waals surface area contributed by atoms with Crippen LogP contribution in [-0.2, 0) is 0 Å². The van der Waals surface area contributed by atoms with Crippen LogP contribution >= 0.6 is 11.6 Å². The zero-order valence-electron chi connectivity index (χ0n) is 12.0. The smallest absolute Gasteiger partial charge is 0.355 e. The van der Waals surface area contributed by atoms with Crippen molar-refractivity contribution in [2.75, 3.05) is 5.73 Å². The summed E-state index contributed by atoms with van der Waals surface area (Å²) in [6, 6.07) is 7.49. The van der Waals surface area contributed by atoms with Crippen molar-refractivity contribution in [2.45, 2.75) is 18.8 Å². The van der Waals surface area contributed by atoms with E-state index in [4.69, 9.17) is 17.3 Å². The van der Waals surface area contributed by atoms with E-state index in [0.717, 1.165) is 18.5 Å². The van der Waals surface area contributed by atoms with Gasteiger partial charge in [0.2, 0.25) is 0 Å². The molecule has 2 N–H and O–H groups in total. The number of nitrogen functional groups attached to an aromatic ring is 1. The third-order valence-corrected chi connectivity index (χ3v) is 4.26. The first-order chi connectivity index (χ1) is 11.0. The number of nitrogens with two attached hydrogens (primary N) is 1. The summed E-state index contributed by atoms with van der Waals surface area (Å²) in [6.07, 6.45) is 2.15. The number of aromatic nitrogens is 3. The van der Waals surface area contributed by atoms with Crippen molar-refractivity contribution in [2.24, 2.45) is 0 Å². The maximum Gasteiger partial charge on any atom is 0.355 e. The molecule has 5 nitrogen and oxygen atoms in total. The Bertz CT molecular complexity index is 997. The molecule has 0 unspecified atom stereocenters. The zero-order chi connectivity index (χ0) is 16.1. The molecule has 1 aliphatic carbocycles. The van der Waals surface area contributed by atoms with Gasteiger partial charge in [-0.2, -0.15) is 4.98 Å². The average Bonchev–Trinajstić information content (AvgIpc) is 3.35. The van der Waals surface area contributed by atoms with Gasteiger partial charge in [0.25, 0.3) is 0 Å². The number of hydrogen-bond acceptors (Lipinski definition) is 4. The second-order valence-corrected chi connectivity index (χ2v) is 6.00. The zero-order valence-corrected chi connectivity index (χ0v) is 12.7. The molecule has 1 fully saturated rings. The normalized spacial score (nSPS) is 14.3. The molecular weight excluding hydrogens is 319 g/mol. The van der Waals surface area contributed by atoms with Gasteiger partial charge < -0.3 is 5.73 Å². The average molecular weight is 331 g/mol. The van der Waals surface area contributed by atoms with Crippen molar-refractivity contribution in [1.29, 1.82) is 0 Å². The van der Waals surface area contributed by atoms with Gasteiger partial charge >= 0.3 is 5.69 Å². The van der Waals surface area contributed by atoms with Crippen LogP contribution in [0.4, 0.5) is 10.2 Å². The Morgan fingerprint density at radius 3 is 2.74 bits per heavy atom. The molecule has 0 atom stereocenters.